The van der Waals surface area contributed by atoms with E-state index in [2.05, 4.69) is 10.1 Å². The van der Waals surface area contributed by atoms with Gasteiger partial charge in [-0.3, -0.25) is 0 Å². The van der Waals surface area contributed by atoms with Gasteiger partial charge in [-0.25, -0.2) is 0 Å². The van der Waals surface area contributed by atoms with Gasteiger partial charge in [-0.15, -0.1) is 0 Å². The molecule has 2 nitrogen and oxygen atoms in total. The van der Waals surface area contributed by atoms with Gasteiger partial charge in [0.05, 0.1) is 6.61 Å². The molecule has 1 atom stereocenters. The lowest BCUT2D eigenvalue weighted by molar-refractivity contribution is -0.175. The fourth-order valence-electron chi connectivity index (χ4n) is 0.722. The molecule has 0 aliphatic rings. The molecular weight excluding hydrogens is 171 g/mol. The maximum atomic E-state index is 11.6. The second-order valence-corrected chi connectivity index (χ2v) is 2.52. The zero-order chi connectivity index (χ0) is 9.61. The van der Waals surface area contributed by atoms with Crippen LogP contribution < -0.4 is 5.32 Å². The molecule has 0 heterocycles. The van der Waals surface area contributed by atoms with Gasteiger partial charge in [0.1, 0.15) is 6.61 Å². The van der Waals surface area contributed by atoms with Gasteiger partial charge in [0.2, 0.25) is 0 Å². The van der Waals surface area contributed by atoms with Gasteiger partial charge in [0.25, 0.3) is 0 Å². The average molecular weight is 185 g/mol. The minimum atomic E-state index is -4.22. The van der Waals surface area contributed by atoms with Gasteiger partial charge in [-0.05, 0) is 13.5 Å². The fraction of sp³-hybridized carbons (Fsp3) is 1.00. The van der Waals surface area contributed by atoms with E-state index in [1.54, 1.807) is 7.05 Å². The Hall–Kier alpha value is -0.290. The van der Waals surface area contributed by atoms with E-state index in [0.29, 0.717) is 0 Å². The molecule has 1 N–H and O–H groups in total. The van der Waals surface area contributed by atoms with Crippen LogP contribution >= 0.6 is 0 Å². The van der Waals surface area contributed by atoms with Crippen molar-refractivity contribution < 1.29 is 17.9 Å². The molecule has 12 heavy (non-hydrogen) atoms. The lowest BCUT2D eigenvalue weighted by Gasteiger charge is -2.14. The van der Waals surface area contributed by atoms with Gasteiger partial charge in [-0.1, -0.05) is 6.92 Å². The van der Waals surface area contributed by atoms with E-state index in [-0.39, 0.29) is 12.6 Å². The second-order valence-electron chi connectivity index (χ2n) is 2.52. The first-order chi connectivity index (χ1) is 5.49. The van der Waals surface area contributed by atoms with Crippen molar-refractivity contribution in [1.29, 1.82) is 0 Å². The summed E-state index contributed by atoms with van der Waals surface area (Å²) < 4.78 is 39.2. The number of alkyl halides is 3. The zero-order valence-corrected chi connectivity index (χ0v) is 7.24. The third kappa shape index (κ3) is 6.42. The fourth-order valence-corrected chi connectivity index (χ4v) is 0.722. The first kappa shape index (κ1) is 11.7. The van der Waals surface area contributed by atoms with E-state index in [0.717, 1.165) is 6.42 Å². The van der Waals surface area contributed by atoms with E-state index in [1.165, 1.54) is 0 Å². The molecule has 0 saturated carbocycles. The average Bonchev–Trinajstić information content (AvgIpc) is 1.96. The van der Waals surface area contributed by atoms with Crippen LogP contribution in [0, 0.1) is 0 Å². The highest BCUT2D eigenvalue weighted by Crippen LogP contribution is 2.14. The first-order valence-electron chi connectivity index (χ1n) is 3.81. The van der Waals surface area contributed by atoms with Gasteiger partial charge in [0, 0.05) is 6.04 Å². The Morgan fingerprint density at radius 3 is 2.33 bits per heavy atom. The van der Waals surface area contributed by atoms with Crippen LogP contribution in [-0.4, -0.2) is 32.5 Å². The summed E-state index contributed by atoms with van der Waals surface area (Å²) in [6.07, 6.45) is -3.46. The highest BCUT2D eigenvalue weighted by Gasteiger charge is 2.27. The van der Waals surface area contributed by atoms with Gasteiger partial charge < -0.3 is 10.1 Å². The SMILES string of the molecule is CCC(COCC(F)(F)F)NC. The number of nitrogens with one attached hydrogen (secondary N) is 1. The Morgan fingerprint density at radius 1 is 1.42 bits per heavy atom. The van der Waals surface area contributed by atoms with E-state index < -0.39 is 12.8 Å². The van der Waals surface area contributed by atoms with Crippen LogP contribution in [-0.2, 0) is 4.74 Å². The molecule has 0 amide bonds. The number of halogens is 3. The van der Waals surface area contributed by atoms with Crippen LogP contribution in [0.1, 0.15) is 13.3 Å². The summed E-state index contributed by atoms with van der Waals surface area (Å²) in [5.41, 5.74) is 0. The first-order valence-corrected chi connectivity index (χ1v) is 3.81. The normalized spacial score (nSPS) is 14.8. The Morgan fingerprint density at radius 2 is 2.00 bits per heavy atom. The molecule has 0 aliphatic heterocycles. The summed E-state index contributed by atoms with van der Waals surface area (Å²) in [7, 11) is 1.70. The van der Waals surface area contributed by atoms with Gasteiger partial charge in [0.15, 0.2) is 0 Å². The highest BCUT2D eigenvalue weighted by molar-refractivity contribution is 4.60. The Labute approximate surface area is 70.1 Å². The van der Waals surface area contributed by atoms with Gasteiger partial charge >= 0.3 is 6.18 Å². The molecule has 0 aromatic rings. The lowest BCUT2D eigenvalue weighted by Crippen LogP contribution is -2.31. The van der Waals surface area contributed by atoms with E-state index in [4.69, 9.17) is 0 Å². The molecular formula is C7H14F3NO. The van der Waals surface area contributed by atoms with Crippen LogP contribution in [0.5, 0.6) is 0 Å². The molecule has 0 spiro atoms. The highest BCUT2D eigenvalue weighted by atomic mass is 19.4. The van der Waals surface area contributed by atoms with Crippen LogP contribution in [0.3, 0.4) is 0 Å². The lowest BCUT2D eigenvalue weighted by atomic mass is 10.2. The molecule has 0 rings (SSSR count). The van der Waals surface area contributed by atoms with Crippen molar-refractivity contribution in [2.75, 3.05) is 20.3 Å². The summed E-state index contributed by atoms with van der Waals surface area (Å²) in [4.78, 5) is 0. The number of ether oxygens (including phenoxy) is 1. The molecule has 0 radical (unpaired) electrons. The summed E-state index contributed by atoms with van der Waals surface area (Å²) in [5.74, 6) is 0. The van der Waals surface area contributed by atoms with Crippen molar-refractivity contribution in [1.82, 2.24) is 5.32 Å². The van der Waals surface area contributed by atoms with E-state index >= 15 is 0 Å². The Kier molecular flexibility index (Phi) is 5.24. The molecule has 0 bridgehead atoms. The summed E-state index contributed by atoms with van der Waals surface area (Å²) in [6.45, 7) is 0.829. The van der Waals surface area contributed by atoms with Crippen molar-refractivity contribution in [3.8, 4) is 0 Å². The summed E-state index contributed by atoms with van der Waals surface area (Å²) >= 11 is 0. The Bertz CT molecular complexity index is 112. The Balaban J connectivity index is 3.41. The number of hydrogen-bond donors (Lipinski definition) is 1. The van der Waals surface area contributed by atoms with E-state index in [9.17, 15) is 13.2 Å². The number of rotatable bonds is 5. The maximum absolute atomic E-state index is 11.6. The quantitative estimate of drug-likeness (QED) is 0.701. The van der Waals surface area contributed by atoms with Crippen molar-refractivity contribution in [2.45, 2.75) is 25.6 Å². The minimum absolute atomic E-state index is 0.00681. The second kappa shape index (κ2) is 5.37. The third-order valence-electron chi connectivity index (χ3n) is 1.49. The zero-order valence-electron chi connectivity index (χ0n) is 7.24. The molecule has 0 saturated heterocycles. The largest absolute Gasteiger partial charge is 0.411 e. The smallest absolute Gasteiger partial charge is 0.370 e. The predicted molar refractivity (Wildman–Crippen MR) is 40.0 cm³/mol. The standard InChI is InChI=1S/C7H14F3NO/c1-3-6(11-2)4-12-5-7(8,9)10/h6,11H,3-5H2,1-2H3. The van der Waals surface area contributed by atoms with Crippen LogP contribution in [0.2, 0.25) is 0 Å². The van der Waals surface area contributed by atoms with Crippen LogP contribution in [0.15, 0.2) is 0 Å². The predicted octanol–water partition coefficient (Wildman–Crippen LogP) is 1.56. The summed E-state index contributed by atoms with van der Waals surface area (Å²) in [6, 6.07) is 0.00681. The van der Waals surface area contributed by atoms with Crippen LogP contribution in [0.25, 0.3) is 0 Å². The van der Waals surface area contributed by atoms with Crippen molar-refractivity contribution >= 4 is 0 Å². The third-order valence-corrected chi connectivity index (χ3v) is 1.49. The number of hydrogen-bond acceptors (Lipinski definition) is 2. The van der Waals surface area contributed by atoms with Crippen molar-refractivity contribution in [3.05, 3.63) is 0 Å². The maximum Gasteiger partial charge on any atom is 0.411 e. The van der Waals surface area contributed by atoms with E-state index in [1.807, 2.05) is 6.92 Å². The van der Waals surface area contributed by atoms with Crippen molar-refractivity contribution in [2.24, 2.45) is 0 Å². The molecule has 1 unspecified atom stereocenters. The molecule has 0 fully saturated rings. The monoisotopic (exact) mass is 185 g/mol. The molecule has 74 valence electrons. The minimum Gasteiger partial charge on any atom is -0.370 e. The molecule has 0 aliphatic carbocycles. The topological polar surface area (TPSA) is 21.3 Å². The van der Waals surface area contributed by atoms with Gasteiger partial charge in [-0.2, -0.15) is 13.2 Å². The molecule has 0 aromatic heterocycles. The summed E-state index contributed by atoms with van der Waals surface area (Å²) in [5, 5.41) is 2.85. The van der Waals surface area contributed by atoms with Crippen molar-refractivity contribution in [3.63, 3.8) is 0 Å². The van der Waals surface area contributed by atoms with Crippen LogP contribution in [0.4, 0.5) is 13.2 Å². The molecule has 5 heteroatoms. The molecule has 0 aromatic carbocycles. The number of likely N-dealkylation sites (N-methyl/N-ethyl adjacent to an activating group) is 1.